The van der Waals surface area contributed by atoms with Crippen molar-refractivity contribution < 1.29 is 32.4 Å². The summed E-state index contributed by atoms with van der Waals surface area (Å²) in [4.78, 5) is 66.9. The molecule has 0 spiro atoms. The van der Waals surface area contributed by atoms with Crippen LogP contribution in [0.3, 0.4) is 0 Å². The summed E-state index contributed by atoms with van der Waals surface area (Å²) in [5, 5.41) is 10.6. The number of amides is 5. The van der Waals surface area contributed by atoms with Gasteiger partial charge in [0.1, 0.15) is 12.1 Å². The van der Waals surface area contributed by atoms with Gasteiger partial charge in [-0.1, -0.05) is 47.0 Å². The zero-order chi connectivity index (χ0) is 34.8. The molecule has 5 amide bonds. The normalized spacial score (nSPS) is 17.1. The quantitative estimate of drug-likeness (QED) is 0.165. The molecular formula is C32H55N5O7S. The molecule has 1 unspecified atom stereocenters. The summed E-state index contributed by atoms with van der Waals surface area (Å²) in [6, 6.07) is -3.97. The van der Waals surface area contributed by atoms with Gasteiger partial charge < -0.3 is 26.2 Å². The standard InChI is InChI=1S/C32H55N5O7S/c1-11-13-17-23(24(38)27(40)33-10)34-26(39)22(3)37(20-12-2)28(41)25(30(4,5)6)35-29(42)36-32(18-15-14-16-19-32)21-45(43,44)31(7,8)9/h1,22-23,25H,12-21H2,2-10H3,(H,33,40)(H,34,39)(H2,35,36,42)/t22-,23?,25+/m0/s1. The minimum Gasteiger partial charge on any atom is -0.353 e. The average Bonchev–Trinajstić information content (AvgIpc) is 2.94. The van der Waals surface area contributed by atoms with Crippen LogP contribution < -0.4 is 21.3 Å². The van der Waals surface area contributed by atoms with Gasteiger partial charge in [-0.25, -0.2) is 13.2 Å². The highest BCUT2D eigenvalue weighted by molar-refractivity contribution is 7.92. The fraction of sp³-hybridized carbons (Fsp3) is 0.781. The van der Waals surface area contributed by atoms with Gasteiger partial charge in [0.05, 0.1) is 22.1 Å². The minimum absolute atomic E-state index is 0.0436. The first-order valence-corrected chi connectivity index (χ1v) is 17.4. The van der Waals surface area contributed by atoms with Gasteiger partial charge in [-0.2, -0.15) is 0 Å². The summed E-state index contributed by atoms with van der Waals surface area (Å²) >= 11 is 0. The Balaban J connectivity index is 3.29. The Bertz CT molecular complexity index is 1220. The lowest BCUT2D eigenvalue weighted by molar-refractivity contribution is -0.145. The SMILES string of the molecule is C#CCCC(NC(=O)[C@H](C)N(CCC)C(=O)[C@@H](NC(=O)NC1(CS(=O)(=O)C(C)(C)C)CCCCC1)C(C)(C)C)C(=O)C(=O)NC. The number of hydrogen-bond donors (Lipinski definition) is 4. The van der Waals surface area contributed by atoms with Crippen molar-refractivity contribution in [2.75, 3.05) is 19.3 Å². The molecule has 0 aromatic carbocycles. The van der Waals surface area contributed by atoms with Crippen molar-refractivity contribution >= 4 is 39.4 Å². The zero-order valence-corrected chi connectivity index (χ0v) is 29.4. The van der Waals surface area contributed by atoms with Crippen molar-refractivity contribution in [1.82, 2.24) is 26.2 Å². The van der Waals surface area contributed by atoms with E-state index in [4.69, 9.17) is 6.42 Å². The highest BCUT2D eigenvalue weighted by Crippen LogP contribution is 2.33. The Morgan fingerprint density at radius 2 is 1.56 bits per heavy atom. The maximum atomic E-state index is 14.1. The second kappa shape index (κ2) is 16.4. The van der Waals surface area contributed by atoms with Gasteiger partial charge in [-0.15, -0.1) is 12.3 Å². The van der Waals surface area contributed by atoms with E-state index in [0.717, 1.165) is 19.3 Å². The predicted molar refractivity (Wildman–Crippen MR) is 175 cm³/mol. The number of terminal acetylenes is 1. The van der Waals surface area contributed by atoms with E-state index in [1.165, 1.54) is 18.9 Å². The molecule has 0 heterocycles. The molecular weight excluding hydrogens is 598 g/mol. The van der Waals surface area contributed by atoms with Crippen LogP contribution >= 0.6 is 0 Å². The van der Waals surface area contributed by atoms with Crippen LogP contribution in [0.2, 0.25) is 0 Å². The number of carbonyl (C=O) groups excluding carboxylic acids is 5. The number of Topliss-reactive ketones (excluding diaryl/α,β-unsaturated/α-hetero) is 1. The second-order valence-electron chi connectivity index (χ2n) is 14.1. The largest absolute Gasteiger partial charge is 0.353 e. The lowest BCUT2D eigenvalue weighted by Gasteiger charge is -2.41. The van der Waals surface area contributed by atoms with Gasteiger partial charge in [0, 0.05) is 20.0 Å². The monoisotopic (exact) mass is 653 g/mol. The van der Waals surface area contributed by atoms with Crippen molar-refractivity contribution in [3.8, 4) is 12.3 Å². The smallest absolute Gasteiger partial charge is 0.315 e. The minimum atomic E-state index is -3.57. The first kappa shape index (κ1) is 39.9. The Hall–Kier alpha value is -3.14. The molecule has 0 radical (unpaired) electrons. The van der Waals surface area contributed by atoms with Crippen LogP contribution in [0, 0.1) is 17.8 Å². The maximum absolute atomic E-state index is 14.1. The predicted octanol–water partition coefficient (Wildman–Crippen LogP) is 2.46. The number of ketones is 1. The van der Waals surface area contributed by atoms with Crippen LogP contribution in [0.1, 0.15) is 107 Å². The second-order valence-corrected chi connectivity index (χ2v) is 16.8. The number of nitrogens with one attached hydrogen (secondary N) is 4. The van der Waals surface area contributed by atoms with Gasteiger partial charge in [-0.3, -0.25) is 19.2 Å². The number of sulfone groups is 1. The van der Waals surface area contributed by atoms with Crippen LogP contribution in [0.4, 0.5) is 4.79 Å². The van der Waals surface area contributed by atoms with E-state index < -0.39 is 73.2 Å². The van der Waals surface area contributed by atoms with E-state index in [-0.39, 0.29) is 25.1 Å². The number of carbonyl (C=O) groups is 5. The number of urea groups is 1. The summed E-state index contributed by atoms with van der Waals surface area (Å²) < 4.78 is 25.4. The molecule has 0 saturated heterocycles. The molecule has 0 aromatic heterocycles. The molecule has 1 aliphatic carbocycles. The summed E-state index contributed by atoms with van der Waals surface area (Å²) in [6.07, 6.45) is 9.49. The van der Waals surface area contributed by atoms with Crippen LogP contribution in [-0.2, 0) is 29.0 Å². The summed E-state index contributed by atoms with van der Waals surface area (Å²) in [7, 11) is -2.26. The van der Waals surface area contributed by atoms with Crippen molar-refractivity contribution in [2.45, 2.75) is 135 Å². The molecule has 1 fully saturated rings. The van der Waals surface area contributed by atoms with Crippen LogP contribution in [0.25, 0.3) is 0 Å². The number of rotatable bonds is 14. The van der Waals surface area contributed by atoms with E-state index in [1.807, 2.05) is 6.92 Å². The highest BCUT2D eigenvalue weighted by Gasteiger charge is 2.44. The van der Waals surface area contributed by atoms with E-state index in [2.05, 4.69) is 27.2 Å². The van der Waals surface area contributed by atoms with E-state index in [9.17, 15) is 32.4 Å². The van der Waals surface area contributed by atoms with Gasteiger partial charge in [0.2, 0.25) is 17.6 Å². The average molecular weight is 654 g/mol. The molecule has 13 heteroatoms. The van der Waals surface area contributed by atoms with Crippen LogP contribution in [-0.4, -0.2) is 90.6 Å². The van der Waals surface area contributed by atoms with Crippen molar-refractivity contribution in [3.05, 3.63) is 0 Å². The first-order chi connectivity index (χ1) is 20.7. The molecule has 1 saturated carbocycles. The molecule has 12 nitrogen and oxygen atoms in total. The molecule has 45 heavy (non-hydrogen) atoms. The van der Waals surface area contributed by atoms with Crippen molar-refractivity contribution in [3.63, 3.8) is 0 Å². The van der Waals surface area contributed by atoms with Crippen molar-refractivity contribution in [2.24, 2.45) is 5.41 Å². The molecule has 4 N–H and O–H groups in total. The molecule has 256 valence electrons. The third-order valence-electron chi connectivity index (χ3n) is 8.23. The van der Waals surface area contributed by atoms with Crippen LogP contribution in [0.15, 0.2) is 0 Å². The Kier molecular flexibility index (Phi) is 14.6. The zero-order valence-electron chi connectivity index (χ0n) is 28.6. The van der Waals surface area contributed by atoms with Crippen LogP contribution in [0.5, 0.6) is 0 Å². The first-order valence-electron chi connectivity index (χ1n) is 15.8. The molecule has 1 rings (SSSR count). The van der Waals surface area contributed by atoms with Crippen molar-refractivity contribution in [1.29, 1.82) is 0 Å². The summed E-state index contributed by atoms with van der Waals surface area (Å²) in [6.45, 7) is 13.8. The number of hydrogen-bond acceptors (Lipinski definition) is 7. The molecule has 0 aliphatic heterocycles. The van der Waals surface area contributed by atoms with E-state index >= 15 is 0 Å². The van der Waals surface area contributed by atoms with Gasteiger partial charge in [0.15, 0.2) is 9.84 Å². The Labute approximate surface area is 269 Å². The number of likely N-dealkylation sites (N-methyl/N-ethyl adjacent to an activating group) is 1. The lowest BCUT2D eigenvalue weighted by Crippen LogP contribution is -2.64. The third-order valence-corrected chi connectivity index (χ3v) is 11.0. The number of nitrogens with zero attached hydrogens (tertiary/aromatic N) is 1. The molecule has 0 bridgehead atoms. The summed E-state index contributed by atoms with van der Waals surface area (Å²) in [5.74, 6) is -0.702. The molecule has 0 aromatic rings. The van der Waals surface area contributed by atoms with Gasteiger partial charge >= 0.3 is 6.03 Å². The molecule has 1 aliphatic rings. The Morgan fingerprint density at radius 3 is 2.02 bits per heavy atom. The summed E-state index contributed by atoms with van der Waals surface area (Å²) in [5.41, 5.74) is -1.76. The van der Waals surface area contributed by atoms with Gasteiger partial charge in [-0.05, 0) is 58.8 Å². The van der Waals surface area contributed by atoms with E-state index in [1.54, 1.807) is 41.5 Å². The fourth-order valence-electron chi connectivity index (χ4n) is 5.28. The molecule has 3 atom stereocenters. The Morgan fingerprint density at radius 1 is 0.978 bits per heavy atom. The third kappa shape index (κ3) is 11.3. The highest BCUT2D eigenvalue weighted by atomic mass is 32.2. The maximum Gasteiger partial charge on any atom is 0.315 e. The lowest BCUT2D eigenvalue weighted by atomic mass is 9.83. The van der Waals surface area contributed by atoms with E-state index in [0.29, 0.717) is 19.3 Å². The van der Waals surface area contributed by atoms with Gasteiger partial charge in [0.25, 0.3) is 5.91 Å². The fourth-order valence-corrected chi connectivity index (χ4v) is 6.81. The topological polar surface area (TPSA) is 171 Å².